The molecule has 1 heterocycles. The summed E-state index contributed by atoms with van der Waals surface area (Å²) in [6, 6.07) is 8.78. The fraction of sp³-hybridized carbons (Fsp3) is 0.231. The number of rotatable bonds is 5. The smallest absolute Gasteiger partial charge is 0.276 e. The van der Waals surface area contributed by atoms with Crippen molar-refractivity contribution in [3.05, 3.63) is 41.7 Å². The van der Waals surface area contributed by atoms with Gasteiger partial charge in [0, 0.05) is 17.9 Å². The second kappa shape index (κ2) is 6.01. The Hall–Kier alpha value is -2.34. The number of ether oxygens (including phenoxy) is 1. The lowest BCUT2D eigenvalue weighted by Crippen LogP contribution is -2.12. The Balaban J connectivity index is 1.97. The average Bonchev–Trinajstić information content (AvgIpc) is 2.85. The molecule has 1 amide bonds. The van der Waals surface area contributed by atoms with E-state index in [9.17, 15) is 4.79 Å². The van der Waals surface area contributed by atoms with Gasteiger partial charge in [0.15, 0.2) is 5.69 Å². The van der Waals surface area contributed by atoms with Crippen molar-refractivity contribution in [3.8, 4) is 5.75 Å². The maximum absolute atomic E-state index is 11.8. The quantitative estimate of drug-likeness (QED) is 0.755. The minimum Gasteiger partial charge on any atom is -0.492 e. The van der Waals surface area contributed by atoms with Crippen molar-refractivity contribution in [1.29, 1.82) is 0 Å². The summed E-state index contributed by atoms with van der Waals surface area (Å²) in [4.78, 5) is 11.8. The molecule has 6 heteroatoms. The van der Waals surface area contributed by atoms with Crippen molar-refractivity contribution in [2.45, 2.75) is 6.92 Å². The molecule has 0 unspecified atom stereocenters. The molecule has 0 bridgehead atoms. The van der Waals surface area contributed by atoms with Crippen LogP contribution in [-0.4, -0.2) is 29.3 Å². The van der Waals surface area contributed by atoms with Crippen LogP contribution >= 0.6 is 0 Å². The van der Waals surface area contributed by atoms with Gasteiger partial charge in [0.25, 0.3) is 5.91 Å². The van der Waals surface area contributed by atoms with Crippen LogP contribution < -0.4 is 15.8 Å². The van der Waals surface area contributed by atoms with Crippen LogP contribution in [0.4, 0.5) is 5.69 Å². The highest BCUT2D eigenvalue weighted by molar-refractivity contribution is 6.02. The van der Waals surface area contributed by atoms with Crippen LogP contribution in [0.15, 0.2) is 30.3 Å². The van der Waals surface area contributed by atoms with Gasteiger partial charge in [-0.2, -0.15) is 5.10 Å². The van der Waals surface area contributed by atoms with Gasteiger partial charge in [0.1, 0.15) is 12.4 Å². The number of anilines is 1. The molecule has 1 aromatic heterocycles. The Morgan fingerprint density at radius 3 is 2.74 bits per heavy atom. The molecule has 0 aliphatic carbocycles. The molecule has 0 saturated carbocycles. The minimum atomic E-state index is -0.250. The van der Waals surface area contributed by atoms with Crippen LogP contribution in [0, 0.1) is 6.92 Å². The summed E-state index contributed by atoms with van der Waals surface area (Å²) in [5, 5.41) is 9.37. The molecule has 100 valence electrons. The predicted octanol–water partition coefficient (Wildman–Crippen LogP) is 1.31. The number of carbonyl (C=O) groups excluding carboxylic acids is 1. The van der Waals surface area contributed by atoms with E-state index in [0.717, 1.165) is 11.4 Å². The number of carbonyl (C=O) groups is 1. The second-order valence-electron chi connectivity index (χ2n) is 4.05. The number of aromatic amines is 1. The predicted molar refractivity (Wildman–Crippen MR) is 72.3 cm³/mol. The third kappa shape index (κ3) is 3.56. The molecule has 0 saturated heterocycles. The summed E-state index contributed by atoms with van der Waals surface area (Å²) in [6.45, 7) is 2.78. The van der Waals surface area contributed by atoms with Crippen LogP contribution in [-0.2, 0) is 0 Å². The van der Waals surface area contributed by atoms with Gasteiger partial charge >= 0.3 is 0 Å². The van der Waals surface area contributed by atoms with Gasteiger partial charge in [0.2, 0.25) is 0 Å². The number of aromatic nitrogens is 2. The first-order valence-corrected chi connectivity index (χ1v) is 5.95. The van der Waals surface area contributed by atoms with Crippen LogP contribution in [0.1, 0.15) is 16.2 Å². The van der Waals surface area contributed by atoms with Crippen LogP contribution in [0.25, 0.3) is 0 Å². The molecule has 0 atom stereocenters. The van der Waals surface area contributed by atoms with Crippen molar-refractivity contribution in [2.24, 2.45) is 5.73 Å². The number of aryl methyl sites for hydroxylation is 1. The lowest BCUT2D eigenvalue weighted by molar-refractivity contribution is 0.102. The largest absolute Gasteiger partial charge is 0.492 e. The van der Waals surface area contributed by atoms with Gasteiger partial charge < -0.3 is 15.8 Å². The summed E-state index contributed by atoms with van der Waals surface area (Å²) in [6.07, 6.45) is 0. The summed E-state index contributed by atoms with van der Waals surface area (Å²) >= 11 is 0. The van der Waals surface area contributed by atoms with E-state index in [1.807, 2.05) is 6.92 Å². The molecular weight excluding hydrogens is 244 g/mol. The van der Waals surface area contributed by atoms with Crippen LogP contribution in [0.5, 0.6) is 5.75 Å². The maximum Gasteiger partial charge on any atom is 0.276 e. The number of hydrogen-bond donors (Lipinski definition) is 3. The standard InChI is InChI=1S/C13H16N4O2/c1-9-8-12(17-16-9)13(18)15-10-2-4-11(5-3-10)19-7-6-14/h2-5,8H,6-7,14H2,1H3,(H,15,18)(H,16,17). The molecule has 6 nitrogen and oxygen atoms in total. The molecule has 4 N–H and O–H groups in total. The number of H-pyrrole nitrogens is 1. The minimum absolute atomic E-state index is 0.250. The van der Waals surface area contributed by atoms with E-state index < -0.39 is 0 Å². The highest BCUT2D eigenvalue weighted by atomic mass is 16.5. The number of hydrogen-bond acceptors (Lipinski definition) is 4. The second-order valence-corrected chi connectivity index (χ2v) is 4.05. The number of nitrogens with two attached hydrogens (primary N) is 1. The van der Waals surface area contributed by atoms with Gasteiger partial charge in [-0.05, 0) is 37.3 Å². The molecule has 0 radical (unpaired) electrons. The van der Waals surface area contributed by atoms with Crippen molar-refractivity contribution >= 4 is 11.6 Å². The van der Waals surface area contributed by atoms with E-state index in [-0.39, 0.29) is 5.91 Å². The highest BCUT2D eigenvalue weighted by Crippen LogP contribution is 2.16. The first-order chi connectivity index (χ1) is 9.19. The van der Waals surface area contributed by atoms with E-state index >= 15 is 0 Å². The Morgan fingerprint density at radius 2 is 2.16 bits per heavy atom. The molecule has 19 heavy (non-hydrogen) atoms. The number of nitrogens with one attached hydrogen (secondary N) is 2. The zero-order valence-electron chi connectivity index (χ0n) is 10.6. The fourth-order valence-corrected chi connectivity index (χ4v) is 1.54. The van der Waals surface area contributed by atoms with E-state index in [0.29, 0.717) is 24.5 Å². The van der Waals surface area contributed by atoms with Crippen LogP contribution in [0.3, 0.4) is 0 Å². The Bertz CT molecular complexity index is 548. The van der Waals surface area contributed by atoms with Crippen molar-refractivity contribution in [2.75, 3.05) is 18.5 Å². The van der Waals surface area contributed by atoms with Crippen molar-refractivity contribution < 1.29 is 9.53 Å². The monoisotopic (exact) mass is 260 g/mol. The number of nitrogens with zero attached hydrogens (tertiary/aromatic N) is 1. The lowest BCUT2D eigenvalue weighted by atomic mass is 10.3. The Kier molecular flexibility index (Phi) is 4.15. The Labute approximate surface area is 111 Å². The molecule has 0 aliphatic rings. The first kappa shape index (κ1) is 13.1. The van der Waals surface area contributed by atoms with E-state index in [1.165, 1.54) is 0 Å². The Morgan fingerprint density at radius 1 is 1.42 bits per heavy atom. The van der Waals surface area contributed by atoms with E-state index in [2.05, 4.69) is 15.5 Å². The van der Waals surface area contributed by atoms with Gasteiger partial charge in [-0.15, -0.1) is 0 Å². The molecule has 2 aromatic rings. The zero-order chi connectivity index (χ0) is 13.7. The maximum atomic E-state index is 11.8. The molecule has 0 spiro atoms. The van der Waals surface area contributed by atoms with Crippen molar-refractivity contribution in [3.63, 3.8) is 0 Å². The fourth-order valence-electron chi connectivity index (χ4n) is 1.54. The summed E-state index contributed by atoms with van der Waals surface area (Å²) < 4.78 is 5.35. The number of benzene rings is 1. The lowest BCUT2D eigenvalue weighted by Gasteiger charge is -2.06. The third-order valence-electron chi connectivity index (χ3n) is 2.44. The first-order valence-electron chi connectivity index (χ1n) is 5.95. The molecular formula is C13H16N4O2. The topological polar surface area (TPSA) is 93.0 Å². The SMILES string of the molecule is Cc1cc(C(=O)Nc2ccc(OCCN)cc2)n[nH]1. The highest BCUT2D eigenvalue weighted by Gasteiger charge is 2.09. The van der Waals surface area contributed by atoms with Gasteiger partial charge in [-0.25, -0.2) is 0 Å². The number of amides is 1. The molecule has 2 rings (SSSR count). The normalized spacial score (nSPS) is 10.2. The molecule has 0 aliphatic heterocycles. The zero-order valence-corrected chi connectivity index (χ0v) is 10.6. The summed E-state index contributed by atoms with van der Waals surface area (Å²) in [5.41, 5.74) is 7.24. The van der Waals surface area contributed by atoms with Gasteiger partial charge in [0.05, 0.1) is 0 Å². The van der Waals surface area contributed by atoms with Gasteiger partial charge in [-0.3, -0.25) is 9.89 Å². The summed E-state index contributed by atoms with van der Waals surface area (Å²) in [5.74, 6) is 0.471. The van der Waals surface area contributed by atoms with Gasteiger partial charge in [-0.1, -0.05) is 0 Å². The molecule has 1 aromatic carbocycles. The van der Waals surface area contributed by atoms with E-state index in [4.69, 9.17) is 10.5 Å². The van der Waals surface area contributed by atoms with Crippen molar-refractivity contribution in [1.82, 2.24) is 10.2 Å². The average molecular weight is 260 g/mol. The molecule has 0 fully saturated rings. The third-order valence-corrected chi connectivity index (χ3v) is 2.44. The summed E-state index contributed by atoms with van der Waals surface area (Å²) in [7, 11) is 0. The van der Waals surface area contributed by atoms with E-state index in [1.54, 1.807) is 30.3 Å². The van der Waals surface area contributed by atoms with Crippen LogP contribution in [0.2, 0.25) is 0 Å².